The van der Waals surface area contributed by atoms with Crippen LogP contribution in [0.2, 0.25) is 0 Å². The van der Waals surface area contributed by atoms with Crippen LogP contribution in [0.3, 0.4) is 0 Å². The fourth-order valence-corrected chi connectivity index (χ4v) is 6.45. The molecule has 8 heteroatoms. The second-order valence-corrected chi connectivity index (χ2v) is 11.1. The highest BCUT2D eigenvalue weighted by Gasteiger charge is 2.42. The lowest BCUT2D eigenvalue weighted by Gasteiger charge is -2.20. The number of thioether (sulfide) groups is 1. The number of hydrogen-bond donors (Lipinski definition) is 2. The van der Waals surface area contributed by atoms with Gasteiger partial charge in [-0.1, -0.05) is 56.3 Å². The number of carboxylic acids is 1. The Labute approximate surface area is 213 Å². The van der Waals surface area contributed by atoms with E-state index in [1.807, 2.05) is 74.7 Å². The average Bonchev–Trinajstić information content (AvgIpc) is 3.38. The van der Waals surface area contributed by atoms with Crippen LogP contribution in [0, 0.1) is 6.92 Å². The minimum atomic E-state index is -0.989. The van der Waals surface area contributed by atoms with E-state index in [4.69, 9.17) is 4.98 Å². The molecule has 1 aromatic heterocycles. The number of anilines is 1. The number of aromatic nitrogens is 1. The van der Waals surface area contributed by atoms with Crippen molar-refractivity contribution >= 4 is 46.2 Å². The maximum absolute atomic E-state index is 13.2. The van der Waals surface area contributed by atoms with Gasteiger partial charge in [-0.2, -0.15) is 0 Å². The summed E-state index contributed by atoms with van der Waals surface area (Å²) in [6.45, 7) is 5.98. The van der Waals surface area contributed by atoms with Crippen LogP contribution < -0.4 is 4.90 Å². The predicted octanol–water partition coefficient (Wildman–Crippen LogP) is 6.30. The lowest BCUT2D eigenvalue weighted by Crippen LogP contribution is -2.34. The molecular formula is C27H28N2O4S2. The SMILES string of the molecule is Cc1cc(O)c(C(C)C)cc1-c1csc(N2C(=O)C(CC(=O)O)SC2C/C=C/c2ccccc2)n1. The highest BCUT2D eigenvalue weighted by Crippen LogP contribution is 2.42. The summed E-state index contributed by atoms with van der Waals surface area (Å²) in [5.74, 6) is -0.787. The molecule has 2 aromatic carbocycles. The molecule has 2 N–H and O–H groups in total. The zero-order valence-corrected chi connectivity index (χ0v) is 21.5. The van der Waals surface area contributed by atoms with Gasteiger partial charge in [-0.15, -0.1) is 23.1 Å². The van der Waals surface area contributed by atoms with Crippen LogP contribution in [0.4, 0.5) is 5.13 Å². The first-order chi connectivity index (χ1) is 16.7. The Bertz CT molecular complexity index is 1250. The van der Waals surface area contributed by atoms with Gasteiger partial charge in [0.15, 0.2) is 5.13 Å². The van der Waals surface area contributed by atoms with Crippen LogP contribution in [0.25, 0.3) is 17.3 Å². The highest BCUT2D eigenvalue weighted by atomic mass is 32.2. The van der Waals surface area contributed by atoms with Crippen LogP contribution >= 0.6 is 23.1 Å². The van der Waals surface area contributed by atoms with Gasteiger partial charge in [0, 0.05) is 10.9 Å². The summed E-state index contributed by atoms with van der Waals surface area (Å²) in [6.07, 6.45) is 4.39. The predicted molar refractivity (Wildman–Crippen MR) is 143 cm³/mol. The van der Waals surface area contributed by atoms with E-state index in [2.05, 4.69) is 0 Å². The van der Waals surface area contributed by atoms with Crippen molar-refractivity contribution in [2.24, 2.45) is 0 Å². The number of thiazole rings is 1. The molecule has 35 heavy (non-hydrogen) atoms. The van der Waals surface area contributed by atoms with Crippen LogP contribution in [-0.4, -0.2) is 37.7 Å². The second kappa shape index (κ2) is 10.7. The molecule has 0 spiro atoms. The molecule has 2 atom stereocenters. The number of carbonyl (C=O) groups excluding carboxylic acids is 1. The Morgan fingerprint density at radius 2 is 1.97 bits per heavy atom. The Morgan fingerprint density at radius 1 is 1.23 bits per heavy atom. The van der Waals surface area contributed by atoms with Gasteiger partial charge in [-0.3, -0.25) is 14.5 Å². The number of phenols is 1. The molecule has 182 valence electrons. The molecule has 2 heterocycles. The van der Waals surface area contributed by atoms with Crippen molar-refractivity contribution in [2.75, 3.05) is 4.90 Å². The summed E-state index contributed by atoms with van der Waals surface area (Å²) >= 11 is 2.75. The van der Waals surface area contributed by atoms with Crippen molar-refractivity contribution in [3.63, 3.8) is 0 Å². The topological polar surface area (TPSA) is 90.7 Å². The molecule has 1 amide bonds. The minimum Gasteiger partial charge on any atom is -0.508 e. The van der Waals surface area contributed by atoms with Gasteiger partial charge in [0.05, 0.1) is 22.7 Å². The number of aromatic hydroxyl groups is 1. The molecule has 0 radical (unpaired) electrons. The largest absolute Gasteiger partial charge is 0.508 e. The zero-order chi connectivity index (χ0) is 25.1. The Morgan fingerprint density at radius 3 is 2.66 bits per heavy atom. The molecule has 1 fully saturated rings. The molecule has 0 saturated carbocycles. The maximum Gasteiger partial charge on any atom is 0.305 e. The molecule has 4 rings (SSSR count). The van der Waals surface area contributed by atoms with Gasteiger partial charge >= 0.3 is 5.97 Å². The van der Waals surface area contributed by atoms with Crippen molar-refractivity contribution in [3.8, 4) is 17.0 Å². The number of aryl methyl sites for hydroxylation is 1. The normalized spacial score (nSPS) is 18.2. The fourth-order valence-electron chi connectivity index (χ4n) is 4.11. The van der Waals surface area contributed by atoms with E-state index in [0.29, 0.717) is 11.6 Å². The third-order valence-corrected chi connectivity index (χ3v) is 8.15. The first kappa shape index (κ1) is 25.0. The van der Waals surface area contributed by atoms with Gasteiger partial charge in [-0.25, -0.2) is 4.98 Å². The zero-order valence-electron chi connectivity index (χ0n) is 19.8. The van der Waals surface area contributed by atoms with Crippen LogP contribution in [0.15, 0.2) is 53.9 Å². The summed E-state index contributed by atoms with van der Waals surface area (Å²) in [7, 11) is 0. The number of nitrogens with zero attached hydrogens (tertiary/aromatic N) is 2. The van der Waals surface area contributed by atoms with Crippen molar-refractivity contribution < 1.29 is 19.8 Å². The monoisotopic (exact) mass is 508 g/mol. The van der Waals surface area contributed by atoms with Crippen LogP contribution in [0.5, 0.6) is 5.75 Å². The summed E-state index contributed by atoms with van der Waals surface area (Å²) < 4.78 is 0. The first-order valence-corrected chi connectivity index (χ1v) is 13.3. The molecule has 6 nitrogen and oxygen atoms in total. The molecule has 0 aliphatic carbocycles. The summed E-state index contributed by atoms with van der Waals surface area (Å²) in [5, 5.41) is 21.2. The van der Waals surface area contributed by atoms with E-state index in [9.17, 15) is 19.8 Å². The number of rotatable bonds is 8. The molecule has 1 saturated heterocycles. The molecule has 1 aliphatic rings. The quantitative estimate of drug-likeness (QED) is 0.371. The van der Waals surface area contributed by atoms with E-state index >= 15 is 0 Å². The number of hydrogen-bond acceptors (Lipinski definition) is 6. The van der Waals surface area contributed by atoms with Crippen LogP contribution in [0.1, 0.15) is 49.3 Å². The smallest absolute Gasteiger partial charge is 0.305 e. The van der Waals surface area contributed by atoms with E-state index in [1.165, 1.54) is 23.1 Å². The Kier molecular flexibility index (Phi) is 7.62. The average molecular weight is 509 g/mol. The summed E-state index contributed by atoms with van der Waals surface area (Å²) in [5.41, 5.74) is 4.46. The van der Waals surface area contributed by atoms with Crippen molar-refractivity contribution in [1.29, 1.82) is 0 Å². The molecule has 3 aromatic rings. The van der Waals surface area contributed by atoms with Crippen LogP contribution in [-0.2, 0) is 9.59 Å². The summed E-state index contributed by atoms with van der Waals surface area (Å²) in [6, 6.07) is 13.6. The van der Waals surface area contributed by atoms with Gasteiger partial charge < -0.3 is 10.2 Å². The molecule has 1 aliphatic heterocycles. The van der Waals surface area contributed by atoms with E-state index in [-0.39, 0.29) is 29.4 Å². The minimum absolute atomic E-state index is 0.154. The third kappa shape index (κ3) is 5.60. The van der Waals surface area contributed by atoms with E-state index in [1.54, 1.807) is 11.0 Å². The number of phenolic OH excluding ortho intramolecular Hbond substituents is 1. The second-order valence-electron chi connectivity index (χ2n) is 8.83. The maximum atomic E-state index is 13.2. The number of aliphatic carboxylic acids is 1. The van der Waals surface area contributed by atoms with Gasteiger partial charge in [-0.05, 0) is 48.1 Å². The van der Waals surface area contributed by atoms with Gasteiger partial charge in [0.1, 0.15) is 5.75 Å². The Balaban J connectivity index is 1.63. The van der Waals surface area contributed by atoms with E-state index < -0.39 is 11.2 Å². The number of benzene rings is 2. The number of carboxylic acid groups (broad SMARTS) is 1. The Hall–Kier alpha value is -3.10. The first-order valence-electron chi connectivity index (χ1n) is 11.5. The lowest BCUT2D eigenvalue weighted by molar-refractivity contribution is -0.138. The fraction of sp³-hybridized carbons (Fsp3) is 0.296. The van der Waals surface area contributed by atoms with Gasteiger partial charge in [0.25, 0.3) is 0 Å². The van der Waals surface area contributed by atoms with Crippen molar-refractivity contribution in [2.45, 2.75) is 50.2 Å². The molecule has 0 bridgehead atoms. The third-order valence-electron chi connectivity index (χ3n) is 5.90. The van der Waals surface area contributed by atoms with Crippen molar-refractivity contribution in [1.82, 2.24) is 4.98 Å². The standard InChI is InChI=1S/C27H28N2O4S2/c1-16(2)19-13-20(17(3)12-22(19)30)21-15-34-27(28-21)29-24(35-23(26(29)33)14-25(31)32)11-7-10-18-8-5-4-6-9-18/h4-10,12-13,15-16,23-24,30H,11,14H2,1-3H3,(H,31,32)/b10-7+. The van der Waals surface area contributed by atoms with Gasteiger partial charge in [0.2, 0.25) is 5.91 Å². The lowest BCUT2D eigenvalue weighted by atomic mass is 9.95. The number of carbonyl (C=O) groups is 2. The van der Waals surface area contributed by atoms with Crippen molar-refractivity contribution in [3.05, 3.63) is 70.6 Å². The molecular weight excluding hydrogens is 480 g/mol. The van der Waals surface area contributed by atoms with E-state index in [0.717, 1.165) is 27.9 Å². The summed E-state index contributed by atoms with van der Waals surface area (Å²) in [4.78, 5) is 31.0. The molecule has 2 unspecified atom stereocenters. The number of amides is 1. The highest BCUT2D eigenvalue weighted by molar-refractivity contribution is 8.02.